The predicted octanol–water partition coefficient (Wildman–Crippen LogP) is 5.98. The van der Waals surface area contributed by atoms with Gasteiger partial charge in [-0.05, 0) is 40.5 Å². The Labute approximate surface area is 181 Å². The number of hydrogen-bond acceptors (Lipinski definition) is 3. The van der Waals surface area contributed by atoms with Crippen LogP contribution in [-0.4, -0.2) is 10.9 Å². The topological polar surface area (TPSA) is 51.2 Å². The van der Waals surface area contributed by atoms with Crippen molar-refractivity contribution in [3.05, 3.63) is 120 Å². The average Bonchev–Trinajstić information content (AvgIpc) is 2.84. The second-order valence-electron chi connectivity index (χ2n) is 6.94. The van der Waals surface area contributed by atoms with Gasteiger partial charge in [-0.2, -0.15) is 0 Å². The lowest BCUT2D eigenvalue weighted by molar-refractivity contribution is -0.111. The molecule has 1 amide bonds. The first kappa shape index (κ1) is 20.1. The smallest absolute Gasteiger partial charge is 0.249 e. The van der Waals surface area contributed by atoms with Crippen LogP contribution in [0.5, 0.6) is 5.75 Å². The van der Waals surface area contributed by atoms with Crippen molar-refractivity contribution in [3.8, 4) is 16.9 Å². The van der Waals surface area contributed by atoms with E-state index < -0.39 is 0 Å². The summed E-state index contributed by atoms with van der Waals surface area (Å²) in [6.45, 7) is 0.402. The Bertz CT molecular complexity index is 1150. The molecule has 0 spiro atoms. The van der Waals surface area contributed by atoms with Crippen LogP contribution in [0.3, 0.4) is 0 Å². The van der Waals surface area contributed by atoms with E-state index >= 15 is 0 Å². The Morgan fingerprint density at radius 3 is 2.23 bits per heavy atom. The summed E-state index contributed by atoms with van der Waals surface area (Å²) >= 11 is 0. The summed E-state index contributed by atoms with van der Waals surface area (Å²) in [4.78, 5) is 16.6. The number of nitrogens with one attached hydrogen (secondary N) is 1. The van der Waals surface area contributed by atoms with Gasteiger partial charge in [0.1, 0.15) is 6.61 Å². The molecule has 31 heavy (non-hydrogen) atoms. The molecule has 0 aliphatic heterocycles. The lowest BCUT2D eigenvalue weighted by Crippen LogP contribution is -2.11. The van der Waals surface area contributed by atoms with Crippen molar-refractivity contribution >= 4 is 17.8 Å². The highest BCUT2D eigenvalue weighted by Crippen LogP contribution is 2.23. The quantitative estimate of drug-likeness (QED) is 0.384. The lowest BCUT2D eigenvalue weighted by atomic mass is 10.0. The fourth-order valence-electron chi connectivity index (χ4n) is 3.08. The second kappa shape index (κ2) is 10.0. The van der Waals surface area contributed by atoms with Crippen LogP contribution in [0.4, 0.5) is 5.82 Å². The third-order valence-corrected chi connectivity index (χ3v) is 4.69. The average molecular weight is 406 g/mol. The van der Waals surface area contributed by atoms with Crippen molar-refractivity contribution in [2.75, 3.05) is 5.32 Å². The molecule has 3 aromatic carbocycles. The van der Waals surface area contributed by atoms with E-state index in [1.807, 2.05) is 72.8 Å². The van der Waals surface area contributed by atoms with Gasteiger partial charge in [0.05, 0.1) is 0 Å². The molecule has 1 N–H and O–H groups in total. The molecular weight excluding hydrogens is 384 g/mol. The Hall–Kier alpha value is -4.18. The van der Waals surface area contributed by atoms with Crippen LogP contribution in [-0.2, 0) is 11.4 Å². The van der Waals surface area contributed by atoms with Crippen LogP contribution in [0, 0.1) is 0 Å². The lowest BCUT2D eigenvalue weighted by Gasteiger charge is -2.10. The third-order valence-electron chi connectivity index (χ3n) is 4.69. The normalized spacial score (nSPS) is 10.7. The largest absolute Gasteiger partial charge is 0.485 e. The monoisotopic (exact) mass is 406 g/mol. The molecule has 0 aliphatic rings. The van der Waals surface area contributed by atoms with Gasteiger partial charge < -0.3 is 10.1 Å². The van der Waals surface area contributed by atoms with Crippen LogP contribution in [0.2, 0.25) is 0 Å². The highest BCUT2D eigenvalue weighted by molar-refractivity contribution is 6.02. The molecule has 4 nitrogen and oxygen atoms in total. The zero-order valence-electron chi connectivity index (χ0n) is 16.9. The van der Waals surface area contributed by atoms with Crippen molar-refractivity contribution in [1.82, 2.24) is 4.98 Å². The van der Waals surface area contributed by atoms with E-state index in [0.29, 0.717) is 18.2 Å². The van der Waals surface area contributed by atoms with E-state index in [-0.39, 0.29) is 5.91 Å². The number of nitrogens with zero attached hydrogens (tertiary/aromatic N) is 1. The first-order chi connectivity index (χ1) is 15.3. The highest BCUT2D eigenvalue weighted by atomic mass is 16.5. The summed E-state index contributed by atoms with van der Waals surface area (Å²) < 4.78 is 5.84. The minimum Gasteiger partial charge on any atom is -0.485 e. The van der Waals surface area contributed by atoms with Crippen LogP contribution in [0.1, 0.15) is 11.1 Å². The molecule has 0 saturated carbocycles. The number of anilines is 1. The summed E-state index contributed by atoms with van der Waals surface area (Å²) in [7, 11) is 0. The first-order valence-electron chi connectivity index (χ1n) is 10.0. The number of hydrogen-bond donors (Lipinski definition) is 1. The van der Waals surface area contributed by atoms with E-state index in [0.717, 1.165) is 22.3 Å². The number of carbonyl (C=O) groups is 1. The molecule has 0 atom stereocenters. The molecule has 0 unspecified atom stereocenters. The van der Waals surface area contributed by atoms with Crippen molar-refractivity contribution in [2.45, 2.75) is 6.61 Å². The number of benzene rings is 3. The summed E-state index contributed by atoms with van der Waals surface area (Å²) in [5, 5.41) is 2.79. The third kappa shape index (κ3) is 5.67. The van der Waals surface area contributed by atoms with Crippen LogP contribution >= 0.6 is 0 Å². The number of pyridine rings is 1. The number of ether oxygens (including phenoxy) is 1. The van der Waals surface area contributed by atoms with E-state index in [9.17, 15) is 4.79 Å². The maximum Gasteiger partial charge on any atom is 0.249 e. The molecule has 4 rings (SSSR count). The van der Waals surface area contributed by atoms with Gasteiger partial charge in [0.2, 0.25) is 5.91 Å². The molecule has 1 heterocycles. The summed E-state index contributed by atoms with van der Waals surface area (Å²) in [5.41, 5.74) is 4.28. The Morgan fingerprint density at radius 1 is 0.806 bits per heavy atom. The van der Waals surface area contributed by atoms with E-state index in [2.05, 4.69) is 22.4 Å². The molecular formula is C27H22N2O2. The highest BCUT2D eigenvalue weighted by Gasteiger charge is 2.07. The first-order valence-corrected chi connectivity index (χ1v) is 10.0. The fraction of sp³-hybridized carbons (Fsp3) is 0.0370. The van der Waals surface area contributed by atoms with Gasteiger partial charge in [-0.1, -0.05) is 84.9 Å². The molecule has 0 fully saturated rings. The van der Waals surface area contributed by atoms with Gasteiger partial charge in [0, 0.05) is 12.3 Å². The van der Waals surface area contributed by atoms with Crippen molar-refractivity contribution < 1.29 is 9.53 Å². The number of rotatable bonds is 7. The van der Waals surface area contributed by atoms with Gasteiger partial charge in [-0.25, -0.2) is 4.98 Å². The maximum atomic E-state index is 12.4. The number of aromatic nitrogens is 1. The molecule has 0 bridgehead atoms. The van der Waals surface area contributed by atoms with Gasteiger partial charge in [-0.15, -0.1) is 0 Å². The molecule has 0 saturated heterocycles. The Kier molecular flexibility index (Phi) is 6.51. The fourth-order valence-corrected chi connectivity index (χ4v) is 3.08. The molecule has 0 radical (unpaired) electrons. The second-order valence-corrected chi connectivity index (χ2v) is 6.94. The number of carbonyl (C=O) groups excluding carboxylic acids is 1. The number of amides is 1. The Balaban J connectivity index is 1.38. The Morgan fingerprint density at radius 2 is 1.48 bits per heavy atom. The van der Waals surface area contributed by atoms with Crippen molar-refractivity contribution in [2.24, 2.45) is 0 Å². The van der Waals surface area contributed by atoms with E-state index in [4.69, 9.17) is 4.74 Å². The maximum absolute atomic E-state index is 12.4. The molecule has 4 aromatic rings. The predicted molar refractivity (Wildman–Crippen MR) is 125 cm³/mol. The molecule has 0 aliphatic carbocycles. The standard InChI is InChI=1S/C27H22N2O2/c30-26(18-15-21-13-16-24(17-14-21)23-10-5-2-6-11-23)29-27-25(12-7-19-28-27)31-20-22-8-3-1-4-9-22/h1-19H,20H2,(H,28,29,30)/b18-15+. The summed E-state index contributed by atoms with van der Waals surface area (Å²) in [6.07, 6.45) is 4.89. The zero-order valence-corrected chi connectivity index (χ0v) is 16.9. The van der Waals surface area contributed by atoms with E-state index in [1.54, 1.807) is 24.4 Å². The molecule has 152 valence electrons. The van der Waals surface area contributed by atoms with Crippen LogP contribution in [0.15, 0.2) is 109 Å². The summed E-state index contributed by atoms with van der Waals surface area (Å²) in [6, 6.07) is 31.7. The van der Waals surface area contributed by atoms with Gasteiger partial charge >= 0.3 is 0 Å². The van der Waals surface area contributed by atoms with Gasteiger partial charge in [0.25, 0.3) is 0 Å². The van der Waals surface area contributed by atoms with Gasteiger partial charge in [0.15, 0.2) is 11.6 Å². The van der Waals surface area contributed by atoms with Gasteiger partial charge in [-0.3, -0.25) is 4.79 Å². The summed E-state index contributed by atoms with van der Waals surface area (Å²) in [5.74, 6) is 0.656. The van der Waals surface area contributed by atoms with Crippen LogP contribution < -0.4 is 10.1 Å². The zero-order chi connectivity index (χ0) is 21.3. The van der Waals surface area contributed by atoms with Crippen molar-refractivity contribution in [1.29, 1.82) is 0 Å². The molecule has 4 heteroatoms. The molecule has 1 aromatic heterocycles. The van der Waals surface area contributed by atoms with Crippen molar-refractivity contribution in [3.63, 3.8) is 0 Å². The minimum absolute atomic E-state index is 0.268. The minimum atomic E-state index is -0.268. The SMILES string of the molecule is O=C(/C=C/c1ccc(-c2ccccc2)cc1)Nc1ncccc1OCc1ccccc1. The van der Waals surface area contributed by atoms with E-state index in [1.165, 1.54) is 6.08 Å². The van der Waals surface area contributed by atoms with Crippen LogP contribution in [0.25, 0.3) is 17.2 Å².